The molecule has 4 unspecified atom stereocenters. The van der Waals surface area contributed by atoms with Crippen LogP contribution in [0, 0.1) is 29.5 Å². The lowest BCUT2D eigenvalue weighted by molar-refractivity contribution is -0.148. The van der Waals surface area contributed by atoms with E-state index in [9.17, 15) is 39.2 Å². The zero-order valence-corrected chi connectivity index (χ0v) is 21.0. The van der Waals surface area contributed by atoms with Gasteiger partial charge in [0.2, 0.25) is 5.78 Å². The van der Waals surface area contributed by atoms with E-state index in [2.05, 4.69) is 11.8 Å². The second-order valence-electron chi connectivity index (χ2n) is 10.2. The first kappa shape index (κ1) is 26.2. The molecule has 0 aromatic heterocycles. The molecule has 2 aromatic rings. The lowest BCUT2D eigenvalue weighted by Crippen LogP contribution is -2.63. The fraction of sp³-hybridized carbons (Fsp3) is 0.276. The minimum Gasteiger partial charge on any atom is -0.510 e. The second kappa shape index (κ2) is 9.08. The predicted octanol–water partition coefficient (Wildman–Crippen LogP) is 1.66. The summed E-state index contributed by atoms with van der Waals surface area (Å²) in [5.74, 6) is -2.14. The highest BCUT2D eigenvalue weighted by Gasteiger charge is 2.63. The van der Waals surface area contributed by atoms with E-state index in [0.717, 1.165) is 0 Å². The number of ketones is 2. The molecule has 200 valence electrons. The zero-order chi connectivity index (χ0) is 28.4. The molecule has 10 heteroatoms. The molecular formula is C29H25FN2O7. The number of amides is 1. The Labute approximate surface area is 222 Å². The number of nitrogens with zero attached hydrogens (tertiary/aromatic N) is 1. The van der Waals surface area contributed by atoms with E-state index in [1.807, 2.05) is 0 Å². The van der Waals surface area contributed by atoms with Crippen LogP contribution in [0.2, 0.25) is 0 Å². The number of phenols is 1. The van der Waals surface area contributed by atoms with E-state index in [1.165, 1.54) is 35.2 Å². The summed E-state index contributed by atoms with van der Waals surface area (Å²) >= 11 is 0. The largest absolute Gasteiger partial charge is 0.510 e. The molecule has 6 N–H and O–H groups in total. The number of aliphatic hydroxyl groups excluding tert-OH is 2. The van der Waals surface area contributed by atoms with Crippen LogP contribution in [-0.4, -0.2) is 68.5 Å². The summed E-state index contributed by atoms with van der Waals surface area (Å²) in [6.07, 6.45) is 0.0474. The molecule has 5 rings (SSSR count). The number of likely N-dealkylation sites (N-methyl/N-ethyl adjacent to an activating group) is 1. The van der Waals surface area contributed by atoms with Crippen molar-refractivity contribution in [3.63, 3.8) is 0 Å². The summed E-state index contributed by atoms with van der Waals surface area (Å²) in [5, 5.41) is 44.4. The highest BCUT2D eigenvalue weighted by molar-refractivity contribution is 6.24. The maximum atomic E-state index is 14.1. The number of carbonyl (C=O) groups is 3. The number of halogens is 1. The molecule has 3 aliphatic rings. The maximum Gasteiger partial charge on any atom is 0.255 e. The smallest absolute Gasteiger partial charge is 0.255 e. The van der Waals surface area contributed by atoms with E-state index in [0.29, 0.717) is 11.1 Å². The minimum absolute atomic E-state index is 0.0401. The highest BCUT2D eigenvalue weighted by Crippen LogP contribution is 2.52. The van der Waals surface area contributed by atoms with Gasteiger partial charge in [0.05, 0.1) is 17.2 Å². The van der Waals surface area contributed by atoms with Crippen LogP contribution >= 0.6 is 0 Å². The molecule has 4 atom stereocenters. The predicted molar refractivity (Wildman–Crippen MR) is 136 cm³/mol. The van der Waals surface area contributed by atoms with E-state index in [-0.39, 0.29) is 29.5 Å². The van der Waals surface area contributed by atoms with Gasteiger partial charge in [0.25, 0.3) is 5.91 Å². The van der Waals surface area contributed by atoms with Crippen molar-refractivity contribution in [2.45, 2.75) is 24.5 Å². The molecule has 3 aliphatic carbocycles. The molecule has 0 saturated carbocycles. The van der Waals surface area contributed by atoms with Crippen molar-refractivity contribution in [1.29, 1.82) is 0 Å². The number of fused-ring (bicyclic) bond motifs is 3. The van der Waals surface area contributed by atoms with Gasteiger partial charge in [-0.1, -0.05) is 24.0 Å². The van der Waals surface area contributed by atoms with Crippen LogP contribution in [0.1, 0.15) is 33.5 Å². The van der Waals surface area contributed by atoms with Crippen LogP contribution < -0.4 is 5.73 Å². The number of benzene rings is 2. The maximum absolute atomic E-state index is 14.1. The quantitative estimate of drug-likeness (QED) is 0.288. The van der Waals surface area contributed by atoms with Gasteiger partial charge in [-0.25, -0.2) is 4.39 Å². The summed E-state index contributed by atoms with van der Waals surface area (Å²) in [6, 6.07) is 7.60. The van der Waals surface area contributed by atoms with Crippen LogP contribution in [0.3, 0.4) is 0 Å². The van der Waals surface area contributed by atoms with Gasteiger partial charge < -0.3 is 26.2 Å². The van der Waals surface area contributed by atoms with Crippen molar-refractivity contribution in [2.75, 3.05) is 14.1 Å². The van der Waals surface area contributed by atoms with Crippen LogP contribution in [0.4, 0.5) is 4.39 Å². The monoisotopic (exact) mass is 532 g/mol. The molecule has 39 heavy (non-hydrogen) atoms. The molecular weight excluding hydrogens is 507 g/mol. The van der Waals surface area contributed by atoms with E-state index in [4.69, 9.17) is 5.73 Å². The average molecular weight is 533 g/mol. The standard InChI is InChI=1S/C29H25FN2O7/c1-32(2)23-17-12-15-11-16-13(7-8-14-5-3-4-6-18(14)30)9-10-19(33)21(16)24(34)20(15)26(36)29(17,39)27(37)22(25(23)35)28(31)38/h3-6,9-10,15,17,23,33,35-36,39H,11-12H2,1-2H3,(H2,31,38). The number of aliphatic hydroxyl groups is 3. The Morgan fingerprint density at radius 1 is 1.08 bits per heavy atom. The van der Waals surface area contributed by atoms with Crippen LogP contribution in [-0.2, 0) is 16.0 Å². The Morgan fingerprint density at radius 3 is 2.38 bits per heavy atom. The molecule has 2 aromatic carbocycles. The van der Waals surface area contributed by atoms with Crippen molar-refractivity contribution in [3.05, 3.63) is 87.1 Å². The Kier molecular flexibility index (Phi) is 6.09. The molecule has 0 aliphatic heterocycles. The summed E-state index contributed by atoms with van der Waals surface area (Å²) in [7, 11) is 3.11. The summed E-state index contributed by atoms with van der Waals surface area (Å²) in [6.45, 7) is 0. The normalized spacial score (nSPS) is 26.0. The first-order valence-corrected chi connectivity index (χ1v) is 12.2. The zero-order valence-electron chi connectivity index (χ0n) is 21.0. The van der Waals surface area contributed by atoms with Crippen molar-refractivity contribution < 1.29 is 39.2 Å². The summed E-state index contributed by atoms with van der Waals surface area (Å²) < 4.78 is 14.1. The number of aromatic hydroxyl groups is 1. The Bertz CT molecular complexity index is 1600. The highest BCUT2D eigenvalue weighted by atomic mass is 19.1. The second-order valence-corrected chi connectivity index (χ2v) is 10.2. The summed E-state index contributed by atoms with van der Waals surface area (Å²) in [5.41, 5.74) is 2.23. The third-order valence-corrected chi connectivity index (χ3v) is 7.81. The van der Waals surface area contributed by atoms with Crippen molar-refractivity contribution in [2.24, 2.45) is 17.6 Å². The first-order chi connectivity index (χ1) is 18.4. The molecule has 0 spiro atoms. The van der Waals surface area contributed by atoms with Crippen molar-refractivity contribution in [3.8, 4) is 17.6 Å². The lowest BCUT2D eigenvalue weighted by atomic mass is 9.58. The minimum atomic E-state index is -2.71. The molecule has 0 radical (unpaired) electrons. The van der Waals surface area contributed by atoms with Crippen LogP contribution in [0.25, 0.3) is 0 Å². The van der Waals surface area contributed by atoms with Gasteiger partial charge in [-0.15, -0.1) is 0 Å². The SMILES string of the molecule is CN(C)C1C(O)=C(C(N)=O)C(=O)C2(O)C(O)=C3C(=O)c4c(O)ccc(C#Cc5ccccc5F)c4CC3CC12. The van der Waals surface area contributed by atoms with Gasteiger partial charge in [0.15, 0.2) is 11.4 Å². The van der Waals surface area contributed by atoms with E-state index >= 15 is 0 Å². The average Bonchev–Trinajstić information content (AvgIpc) is 2.86. The van der Waals surface area contributed by atoms with Crippen molar-refractivity contribution >= 4 is 17.5 Å². The molecule has 1 amide bonds. The topological polar surface area (TPSA) is 161 Å². The van der Waals surface area contributed by atoms with Gasteiger partial charge in [0, 0.05) is 17.1 Å². The van der Waals surface area contributed by atoms with E-state index in [1.54, 1.807) is 20.2 Å². The van der Waals surface area contributed by atoms with Gasteiger partial charge in [-0.3, -0.25) is 19.3 Å². The number of carbonyl (C=O) groups excluding carboxylic acids is 3. The molecule has 0 heterocycles. The van der Waals surface area contributed by atoms with Gasteiger partial charge in [-0.2, -0.15) is 0 Å². The number of phenolic OH excluding ortho intramolecular Hbond substituents is 1. The lowest BCUT2D eigenvalue weighted by Gasteiger charge is -2.50. The first-order valence-electron chi connectivity index (χ1n) is 12.2. The Balaban J connectivity index is 1.68. The number of primary amides is 1. The van der Waals surface area contributed by atoms with Crippen molar-refractivity contribution in [1.82, 2.24) is 4.90 Å². The number of rotatable bonds is 2. The number of allylic oxidation sites excluding steroid dienone is 1. The Morgan fingerprint density at radius 2 is 1.74 bits per heavy atom. The van der Waals surface area contributed by atoms with Crippen LogP contribution in [0.15, 0.2) is 59.1 Å². The molecule has 0 bridgehead atoms. The third-order valence-electron chi connectivity index (χ3n) is 7.81. The van der Waals surface area contributed by atoms with E-state index < -0.39 is 69.6 Å². The van der Waals surface area contributed by atoms with Gasteiger partial charge >= 0.3 is 0 Å². The van der Waals surface area contributed by atoms with Crippen LogP contribution in [0.5, 0.6) is 5.75 Å². The van der Waals surface area contributed by atoms with Gasteiger partial charge in [0.1, 0.15) is 28.7 Å². The van der Waals surface area contributed by atoms with Gasteiger partial charge in [-0.05, 0) is 62.7 Å². The number of hydrogen-bond donors (Lipinski definition) is 5. The third kappa shape index (κ3) is 3.73. The fourth-order valence-electron chi connectivity index (χ4n) is 6.07. The molecule has 0 saturated heterocycles. The summed E-state index contributed by atoms with van der Waals surface area (Å²) in [4.78, 5) is 40.6. The number of nitrogens with two attached hydrogens (primary N) is 1. The molecule has 0 fully saturated rings. The molecule has 9 nitrogen and oxygen atoms in total. The number of hydrogen-bond acceptors (Lipinski definition) is 8. The number of Topliss-reactive ketones (excluding diaryl/α,β-unsaturated/α-hetero) is 2. The fourth-order valence-corrected chi connectivity index (χ4v) is 6.07. The Hall–Kier alpha value is -4.46.